The molecule has 0 spiro atoms. The highest BCUT2D eigenvalue weighted by atomic mass is 19.4. The predicted octanol–water partition coefficient (Wildman–Crippen LogP) is 3.16. The highest BCUT2D eigenvalue weighted by Gasteiger charge is 2.30. The van der Waals surface area contributed by atoms with Crippen LogP contribution in [0, 0.1) is 5.92 Å². The standard InChI is InChI=1S/C16H22F3NO2/c1-11(2)15(3,22)10-20-14(21)9-6-12-4-7-13(8-5-12)16(17,18)19/h4-5,7-8,11,22H,6,9-10H2,1-3H3,(H,20,21). The Bertz CT molecular complexity index is 493. The molecule has 0 aliphatic heterocycles. The Morgan fingerprint density at radius 1 is 1.23 bits per heavy atom. The molecule has 0 aromatic heterocycles. The third-order valence-corrected chi connectivity index (χ3v) is 3.81. The predicted molar refractivity (Wildman–Crippen MR) is 78.2 cm³/mol. The van der Waals surface area contributed by atoms with Crippen LogP contribution >= 0.6 is 0 Å². The molecule has 0 fully saturated rings. The van der Waals surface area contributed by atoms with Gasteiger partial charge in [0, 0.05) is 13.0 Å². The van der Waals surface area contributed by atoms with Crippen LogP contribution in [0.15, 0.2) is 24.3 Å². The largest absolute Gasteiger partial charge is 0.416 e. The second-order valence-electron chi connectivity index (χ2n) is 5.98. The van der Waals surface area contributed by atoms with Crippen LogP contribution in [0.4, 0.5) is 13.2 Å². The number of hydrogen-bond donors (Lipinski definition) is 2. The second kappa shape index (κ2) is 7.13. The van der Waals surface area contributed by atoms with Crippen LogP contribution < -0.4 is 5.32 Å². The number of benzene rings is 1. The van der Waals surface area contributed by atoms with Crippen LogP contribution in [-0.4, -0.2) is 23.2 Å². The van der Waals surface area contributed by atoms with Crippen molar-refractivity contribution in [2.75, 3.05) is 6.54 Å². The minimum absolute atomic E-state index is 0.00251. The highest BCUT2D eigenvalue weighted by Crippen LogP contribution is 2.29. The van der Waals surface area contributed by atoms with Gasteiger partial charge in [0.2, 0.25) is 5.91 Å². The number of aliphatic hydroxyl groups is 1. The summed E-state index contributed by atoms with van der Waals surface area (Å²) >= 11 is 0. The number of amides is 1. The van der Waals surface area contributed by atoms with Gasteiger partial charge in [-0.3, -0.25) is 4.79 Å². The zero-order valence-electron chi connectivity index (χ0n) is 13.0. The molecule has 6 heteroatoms. The topological polar surface area (TPSA) is 49.3 Å². The minimum atomic E-state index is -4.35. The molecular formula is C16H22F3NO2. The third kappa shape index (κ3) is 5.67. The first-order valence-electron chi connectivity index (χ1n) is 7.17. The van der Waals surface area contributed by atoms with E-state index in [1.54, 1.807) is 6.92 Å². The van der Waals surface area contributed by atoms with E-state index in [0.717, 1.165) is 12.1 Å². The number of rotatable bonds is 6. The number of carbonyl (C=O) groups excluding carboxylic acids is 1. The lowest BCUT2D eigenvalue weighted by Crippen LogP contribution is -2.44. The van der Waals surface area contributed by atoms with E-state index < -0.39 is 17.3 Å². The van der Waals surface area contributed by atoms with Crippen LogP contribution in [0.1, 0.15) is 38.3 Å². The van der Waals surface area contributed by atoms with Crippen molar-refractivity contribution >= 4 is 5.91 Å². The lowest BCUT2D eigenvalue weighted by molar-refractivity contribution is -0.137. The Morgan fingerprint density at radius 3 is 2.23 bits per heavy atom. The molecule has 1 amide bonds. The first kappa shape index (κ1) is 18.5. The summed E-state index contributed by atoms with van der Waals surface area (Å²) in [5.41, 5.74) is -1.02. The summed E-state index contributed by atoms with van der Waals surface area (Å²) in [7, 11) is 0. The number of alkyl halides is 3. The maximum atomic E-state index is 12.4. The molecule has 0 saturated carbocycles. The Labute approximate surface area is 128 Å². The average Bonchev–Trinajstić information content (AvgIpc) is 2.42. The van der Waals surface area contributed by atoms with Crippen molar-refractivity contribution < 1.29 is 23.1 Å². The molecule has 0 bridgehead atoms. The molecule has 22 heavy (non-hydrogen) atoms. The van der Waals surface area contributed by atoms with Crippen molar-refractivity contribution in [2.45, 2.75) is 45.4 Å². The molecule has 2 N–H and O–H groups in total. The van der Waals surface area contributed by atoms with Gasteiger partial charge in [0.05, 0.1) is 11.2 Å². The fraction of sp³-hybridized carbons (Fsp3) is 0.562. The van der Waals surface area contributed by atoms with Crippen molar-refractivity contribution in [2.24, 2.45) is 5.92 Å². The summed E-state index contributed by atoms with van der Waals surface area (Å²) in [6.07, 6.45) is -3.83. The van der Waals surface area contributed by atoms with Gasteiger partial charge in [0.1, 0.15) is 0 Å². The fourth-order valence-corrected chi connectivity index (χ4v) is 1.69. The van der Waals surface area contributed by atoms with Crippen LogP contribution in [0.2, 0.25) is 0 Å². The van der Waals surface area contributed by atoms with E-state index in [9.17, 15) is 23.1 Å². The summed E-state index contributed by atoms with van der Waals surface area (Å²) < 4.78 is 37.3. The van der Waals surface area contributed by atoms with Gasteiger partial charge in [-0.15, -0.1) is 0 Å². The molecule has 0 aliphatic rings. The van der Waals surface area contributed by atoms with Crippen molar-refractivity contribution in [3.8, 4) is 0 Å². The van der Waals surface area contributed by atoms with Crippen molar-refractivity contribution in [3.05, 3.63) is 35.4 Å². The molecule has 1 aromatic carbocycles. The van der Waals surface area contributed by atoms with Gasteiger partial charge in [-0.05, 0) is 37.0 Å². The molecule has 0 saturated heterocycles. The first-order valence-corrected chi connectivity index (χ1v) is 7.17. The SMILES string of the molecule is CC(C)C(C)(O)CNC(=O)CCc1ccc(C(F)(F)F)cc1. The normalized spacial score (nSPS) is 14.7. The van der Waals surface area contributed by atoms with Gasteiger partial charge < -0.3 is 10.4 Å². The third-order valence-electron chi connectivity index (χ3n) is 3.81. The van der Waals surface area contributed by atoms with E-state index in [1.807, 2.05) is 13.8 Å². The zero-order chi connectivity index (χ0) is 17.0. The Balaban J connectivity index is 2.45. The monoisotopic (exact) mass is 317 g/mol. The zero-order valence-corrected chi connectivity index (χ0v) is 13.0. The maximum Gasteiger partial charge on any atom is 0.416 e. The number of hydrogen-bond acceptors (Lipinski definition) is 2. The molecule has 1 atom stereocenters. The summed E-state index contributed by atoms with van der Waals surface area (Å²) in [6, 6.07) is 4.77. The summed E-state index contributed by atoms with van der Waals surface area (Å²) in [4.78, 5) is 11.7. The molecule has 3 nitrogen and oxygen atoms in total. The summed E-state index contributed by atoms with van der Waals surface area (Å²) in [5, 5.41) is 12.7. The molecule has 1 rings (SSSR count). The Morgan fingerprint density at radius 2 is 1.77 bits per heavy atom. The van der Waals surface area contributed by atoms with Crippen LogP contribution in [-0.2, 0) is 17.4 Å². The minimum Gasteiger partial charge on any atom is -0.388 e. The summed E-state index contributed by atoms with van der Waals surface area (Å²) in [6.45, 7) is 5.51. The van der Waals surface area contributed by atoms with Gasteiger partial charge >= 0.3 is 6.18 Å². The van der Waals surface area contributed by atoms with Crippen LogP contribution in [0.5, 0.6) is 0 Å². The van der Waals surface area contributed by atoms with E-state index in [2.05, 4.69) is 5.32 Å². The quantitative estimate of drug-likeness (QED) is 0.847. The number of aryl methyl sites for hydroxylation is 1. The van der Waals surface area contributed by atoms with Gasteiger partial charge in [-0.25, -0.2) is 0 Å². The molecule has 0 radical (unpaired) electrons. The Kier molecular flexibility index (Phi) is 6.00. The molecular weight excluding hydrogens is 295 g/mol. The number of nitrogens with one attached hydrogen (secondary N) is 1. The lowest BCUT2D eigenvalue weighted by atomic mass is 9.92. The average molecular weight is 317 g/mol. The second-order valence-corrected chi connectivity index (χ2v) is 5.98. The molecule has 0 heterocycles. The van der Waals surface area contributed by atoms with Crippen LogP contribution in [0.25, 0.3) is 0 Å². The number of halogens is 3. The van der Waals surface area contributed by atoms with Crippen molar-refractivity contribution in [1.82, 2.24) is 5.32 Å². The fourth-order valence-electron chi connectivity index (χ4n) is 1.69. The Hall–Kier alpha value is -1.56. The van der Waals surface area contributed by atoms with Crippen LogP contribution in [0.3, 0.4) is 0 Å². The molecule has 1 aromatic rings. The highest BCUT2D eigenvalue weighted by molar-refractivity contribution is 5.76. The van der Waals surface area contributed by atoms with Gasteiger partial charge in [0.15, 0.2) is 0 Å². The van der Waals surface area contributed by atoms with Crippen molar-refractivity contribution in [3.63, 3.8) is 0 Å². The van der Waals surface area contributed by atoms with Crippen molar-refractivity contribution in [1.29, 1.82) is 0 Å². The maximum absolute atomic E-state index is 12.4. The van der Waals surface area contributed by atoms with Gasteiger partial charge in [-0.2, -0.15) is 13.2 Å². The molecule has 124 valence electrons. The first-order chi connectivity index (χ1) is 10.0. The summed E-state index contributed by atoms with van der Waals surface area (Å²) in [5.74, 6) is -0.233. The molecule has 0 aliphatic carbocycles. The van der Waals surface area contributed by atoms with E-state index in [-0.39, 0.29) is 24.8 Å². The van der Waals surface area contributed by atoms with Gasteiger partial charge in [-0.1, -0.05) is 26.0 Å². The van der Waals surface area contributed by atoms with E-state index in [4.69, 9.17) is 0 Å². The molecule has 1 unspecified atom stereocenters. The van der Waals surface area contributed by atoms with E-state index in [0.29, 0.717) is 12.0 Å². The smallest absolute Gasteiger partial charge is 0.388 e. The van der Waals surface area contributed by atoms with Gasteiger partial charge in [0.25, 0.3) is 0 Å². The lowest BCUT2D eigenvalue weighted by Gasteiger charge is -2.27. The number of carbonyl (C=O) groups is 1. The van der Waals surface area contributed by atoms with E-state index >= 15 is 0 Å². The van der Waals surface area contributed by atoms with E-state index in [1.165, 1.54) is 12.1 Å².